The number of aromatic nitrogens is 3. The van der Waals surface area contributed by atoms with E-state index in [0.29, 0.717) is 17.0 Å². The first-order valence-electron chi connectivity index (χ1n) is 5.79. The summed E-state index contributed by atoms with van der Waals surface area (Å²) in [6.45, 7) is 2.02. The number of carbonyl (C=O) groups is 1. The van der Waals surface area contributed by atoms with Crippen molar-refractivity contribution in [2.45, 2.75) is 6.92 Å². The largest absolute Gasteiger partial charge is 0.465 e. The molecule has 0 aliphatic rings. The molecule has 3 heterocycles. The van der Waals surface area contributed by atoms with Crippen molar-refractivity contribution < 1.29 is 9.53 Å². The minimum absolute atomic E-state index is 0.380. The van der Waals surface area contributed by atoms with Gasteiger partial charge in [0.1, 0.15) is 0 Å². The molecule has 102 valence electrons. The van der Waals surface area contributed by atoms with Crippen LogP contribution in [0.15, 0.2) is 28.2 Å². The lowest BCUT2D eigenvalue weighted by Crippen LogP contribution is -2.03. The molecule has 0 unspecified atom stereocenters. The van der Waals surface area contributed by atoms with E-state index in [4.69, 9.17) is 4.74 Å². The summed E-state index contributed by atoms with van der Waals surface area (Å²) in [5.41, 5.74) is 2.30. The van der Waals surface area contributed by atoms with Crippen LogP contribution in [0, 0.1) is 6.92 Å². The maximum atomic E-state index is 11.6. The number of rotatable bonds is 2. The van der Waals surface area contributed by atoms with Gasteiger partial charge in [0.2, 0.25) is 0 Å². The molecule has 0 aliphatic carbocycles. The molecule has 3 aromatic heterocycles. The lowest BCUT2D eigenvalue weighted by atomic mass is 10.3. The zero-order chi connectivity index (χ0) is 14.3. The quantitative estimate of drug-likeness (QED) is 0.664. The molecule has 0 saturated heterocycles. The van der Waals surface area contributed by atoms with Gasteiger partial charge in [-0.1, -0.05) is 0 Å². The van der Waals surface area contributed by atoms with Crippen LogP contribution in [0.3, 0.4) is 0 Å². The lowest BCUT2D eigenvalue weighted by molar-refractivity contribution is 0.0600. The number of methoxy groups -OCH3 is 1. The van der Waals surface area contributed by atoms with Gasteiger partial charge >= 0.3 is 5.97 Å². The monoisotopic (exact) mass is 351 g/mol. The Morgan fingerprint density at radius 3 is 2.85 bits per heavy atom. The van der Waals surface area contributed by atoms with E-state index in [0.717, 1.165) is 14.2 Å². The number of thiophene rings is 1. The van der Waals surface area contributed by atoms with E-state index >= 15 is 0 Å². The minimum atomic E-state index is -0.380. The SMILES string of the molecule is COC(=O)c1ccc2nnc(-c3cc(C)c(Br)s3)n2c1. The van der Waals surface area contributed by atoms with Gasteiger partial charge in [-0.2, -0.15) is 0 Å². The highest BCUT2D eigenvalue weighted by Crippen LogP contribution is 2.33. The molecule has 0 saturated carbocycles. The first-order valence-corrected chi connectivity index (χ1v) is 7.40. The predicted molar refractivity (Wildman–Crippen MR) is 80.1 cm³/mol. The van der Waals surface area contributed by atoms with E-state index in [1.165, 1.54) is 7.11 Å². The fraction of sp³-hybridized carbons (Fsp3) is 0.154. The van der Waals surface area contributed by atoms with Crippen LogP contribution in [-0.4, -0.2) is 27.7 Å². The molecular weight excluding hydrogens is 342 g/mol. The second kappa shape index (κ2) is 4.99. The smallest absolute Gasteiger partial charge is 0.339 e. The summed E-state index contributed by atoms with van der Waals surface area (Å²) >= 11 is 5.09. The predicted octanol–water partition coefficient (Wildman–Crippen LogP) is 3.32. The molecule has 0 aliphatic heterocycles. The fourth-order valence-corrected chi connectivity index (χ4v) is 3.38. The molecule has 0 spiro atoms. The Morgan fingerprint density at radius 1 is 1.40 bits per heavy atom. The maximum Gasteiger partial charge on any atom is 0.339 e. The van der Waals surface area contributed by atoms with E-state index < -0.39 is 0 Å². The number of esters is 1. The number of ether oxygens (including phenoxy) is 1. The number of fused-ring (bicyclic) bond motifs is 1. The van der Waals surface area contributed by atoms with Gasteiger partial charge in [-0.15, -0.1) is 21.5 Å². The summed E-state index contributed by atoms with van der Waals surface area (Å²) < 4.78 is 7.59. The first-order chi connectivity index (χ1) is 9.60. The molecular formula is C13H10BrN3O2S. The third-order valence-corrected chi connectivity index (χ3v) is 5.03. The Balaban J connectivity index is 2.18. The zero-order valence-corrected chi connectivity index (χ0v) is 13.2. The second-order valence-electron chi connectivity index (χ2n) is 4.23. The van der Waals surface area contributed by atoms with Gasteiger partial charge < -0.3 is 4.74 Å². The van der Waals surface area contributed by atoms with Crippen LogP contribution >= 0.6 is 27.3 Å². The zero-order valence-electron chi connectivity index (χ0n) is 10.8. The van der Waals surface area contributed by atoms with E-state index in [1.54, 1.807) is 34.1 Å². The van der Waals surface area contributed by atoms with Crippen LogP contribution in [-0.2, 0) is 4.74 Å². The van der Waals surface area contributed by atoms with Gasteiger partial charge in [-0.05, 0) is 46.6 Å². The van der Waals surface area contributed by atoms with Gasteiger partial charge in [0.25, 0.3) is 0 Å². The van der Waals surface area contributed by atoms with Crippen molar-refractivity contribution in [3.8, 4) is 10.7 Å². The number of carbonyl (C=O) groups excluding carboxylic acids is 1. The van der Waals surface area contributed by atoms with Gasteiger partial charge in [0.15, 0.2) is 11.5 Å². The normalized spacial score (nSPS) is 10.9. The van der Waals surface area contributed by atoms with Crippen LogP contribution in [0.25, 0.3) is 16.3 Å². The maximum absolute atomic E-state index is 11.6. The third kappa shape index (κ3) is 2.12. The minimum Gasteiger partial charge on any atom is -0.465 e. The Bertz CT molecular complexity index is 790. The first kappa shape index (κ1) is 13.3. The number of pyridine rings is 1. The van der Waals surface area contributed by atoms with Crippen LogP contribution < -0.4 is 0 Å². The summed E-state index contributed by atoms with van der Waals surface area (Å²) in [5.74, 6) is 0.333. The van der Waals surface area contributed by atoms with Crippen LogP contribution in [0.5, 0.6) is 0 Å². The third-order valence-electron chi connectivity index (χ3n) is 2.90. The molecule has 0 radical (unpaired) electrons. The highest BCUT2D eigenvalue weighted by molar-refractivity contribution is 9.11. The Hall–Kier alpha value is -1.73. The molecule has 0 amide bonds. The Kier molecular flexibility index (Phi) is 3.31. The highest BCUT2D eigenvalue weighted by Gasteiger charge is 2.14. The van der Waals surface area contributed by atoms with Crippen molar-refractivity contribution >= 4 is 38.9 Å². The Morgan fingerprint density at radius 2 is 2.20 bits per heavy atom. The molecule has 0 aromatic carbocycles. The molecule has 0 atom stereocenters. The van der Waals surface area contributed by atoms with Crippen molar-refractivity contribution in [1.29, 1.82) is 0 Å². The lowest BCUT2D eigenvalue weighted by Gasteiger charge is -2.01. The standard InChI is InChI=1S/C13H10BrN3O2S/c1-7-5-9(20-11(7)14)12-16-15-10-4-3-8(6-17(10)12)13(18)19-2/h3-6H,1-2H3. The number of hydrogen-bond donors (Lipinski definition) is 0. The summed E-state index contributed by atoms with van der Waals surface area (Å²) in [6, 6.07) is 5.46. The average molecular weight is 352 g/mol. The summed E-state index contributed by atoms with van der Waals surface area (Å²) in [6.07, 6.45) is 1.69. The number of nitrogens with zero attached hydrogens (tertiary/aromatic N) is 3. The van der Waals surface area contributed by atoms with E-state index in [1.807, 2.05) is 13.0 Å². The molecule has 3 aromatic rings. The highest BCUT2D eigenvalue weighted by atomic mass is 79.9. The van der Waals surface area contributed by atoms with Crippen molar-refractivity contribution in [3.63, 3.8) is 0 Å². The Labute approximate surface area is 127 Å². The summed E-state index contributed by atoms with van der Waals surface area (Å²) in [4.78, 5) is 12.6. The van der Waals surface area contributed by atoms with Crippen molar-refractivity contribution in [2.75, 3.05) is 7.11 Å². The molecule has 20 heavy (non-hydrogen) atoms. The molecule has 0 bridgehead atoms. The molecule has 7 heteroatoms. The summed E-state index contributed by atoms with van der Waals surface area (Å²) in [5, 5.41) is 8.31. The fourth-order valence-electron chi connectivity index (χ4n) is 1.87. The molecule has 0 fully saturated rings. The van der Waals surface area contributed by atoms with Gasteiger partial charge in [-0.3, -0.25) is 4.40 Å². The van der Waals surface area contributed by atoms with E-state index in [9.17, 15) is 4.79 Å². The van der Waals surface area contributed by atoms with E-state index in [2.05, 4.69) is 26.1 Å². The van der Waals surface area contributed by atoms with Crippen molar-refractivity contribution in [2.24, 2.45) is 0 Å². The van der Waals surface area contributed by atoms with Gasteiger partial charge in [-0.25, -0.2) is 4.79 Å². The van der Waals surface area contributed by atoms with Crippen molar-refractivity contribution in [1.82, 2.24) is 14.6 Å². The van der Waals surface area contributed by atoms with Gasteiger partial charge in [0.05, 0.1) is 21.3 Å². The van der Waals surface area contributed by atoms with Crippen LogP contribution in [0.2, 0.25) is 0 Å². The summed E-state index contributed by atoms with van der Waals surface area (Å²) in [7, 11) is 1.36. The van der Waals surface area contributed by atoms with Crippen molar-refractivity contribution in [3.05, 3.63) is 39.3 Å². The van der Waals surface area contributed by atoms with Crippen LogP contribution in [0.4, 0.5) is 0 Å². The number of halogens is 1. The van der Waals surface area contributed by atoms with Crippen LogP contribution in [0.1, 0.15) is 15.9 Å². The number of hydrogen-bond acceptors (Lipinski definition) is 5. The van der Waals surface area contributed by atoms with E-state index in [-0.39, 0.29) is 5.97 Å². The molecule has 0 N–H and O–H groups in total. The molecule has 5 nitrogen and oxygen atoms in total. The molecule has 3 rings (SSSR count). The topological polar surface area (TPSA) is 56.5 Å². The van der Waals surface area contributed by atoms with Gasteiger partial charge in [0, 0.05) is 6.20 Å². The second-order valence-corrected chi connectivity index (χ2v) is 6.60. The average Bonchev–Trinajstić information content (AvgIpc) is 3.01. The number of aryl methyl sites for hydroxylation is 1.